The molecule has 6 nitrogen and oxygen atoms in total. The summed E-state index contributed by atoms with van der Waals surface area (Å²) < 4.78 is 63.3. The third-order valence-corrected chi connectivity index (χ3v) is 5.95. The molecule has 152 valence electrons. The number of benzene rings is 2. The fraction of sp³-hybridized carbons (Fsp3) is 0.316. The Morgan fingerprint density at radius 3 is 2.25 bits per heavy atom. The van der Waals surface area contributed by atoms with Crippen molar-refractivity contribution in [2.75, 3.05) is 26.3 Å². The van der Waals surface area contributed by atoms with Gasteiger partial charge < -0.3 is 9.47 Å². The van der Waals surface area contributed by atoms with Gasteiger partial charge in [0.15, 0.2) is 0 Å². The topological polar surface area (TPSA) is 72.9 Å². The first-order chi connectivity index (χ1) is 13.3. The molecule has 0 atom stereocenters. The van der Waals surface area contributed by atoms with E-state index in [9.17, 15) is 22.0 Å². The van der Waals surface area contributed by atoms with Gasteiger partial charge in [-0.3, -0.25) is 0 Å². The lowest BCUT2D eigenvalue weighted by molar-refractivity contribution is 0.0450. The van der Waals surface area contributed by atoms with Crippen molar-refractivity contribution in [2.45, 2.75) is 18.7 Å². The first kappa shape index (κ1) is 21.8. The lowest BCUT2D eigenvalue weighted by Crippen LogP contribution is -2.31. The summed E-state index contributed by atoms with van der Waals surface area (Å²) in [5.74, 6) is -1.74. The summed E-state index contributed by atoms with van der Waals surface area (Å²) in [6.45, 7) is 3.52. The number of sulfonamides is 1. The SMILES string of the molecule is CCN(CC)S(=O)(=O)c1cc(C(=O)OCCOc2ccc(F)cc2)ccc1F. The zero-order valence-corrected chi connectivity index (χ0v) is 16.3. The van der Waals surface area contributed by atoms with E-state index < -0.39 is 32.5 Å². The molecule has 0 aliphatic heterocycles. The second kappa shape index (κ2) is 9.61. The lowest BCUT2D eigenvalue weighted by atomic mass is 10.2. The third-order valence-electron chi connectivity index (χ3n) is 3.89. The number of carbonyl (C=O) groups is 1. The van der Waals surface area contributed by atoms with Crippen LogP contribution in [0, 0.1) is 11.6 Å². The predicted molar refractivity (Wildman–Crippen MR) is 98.7 cm³/mol. The summed E-state index contributed by atoms with van der Waals surface area (Å²) in [5.41, 5.74) is -0.0890. The maximum Gasteiger partial charge on any atom is 0.338 e. The molecule has 0 aliphatic carbocycles. The molecule has 0 N–H and O–H groups in total. The molecule has 0 radical (unpaired) electrons. The van der Waals surface area contributed by atoms with Gasteiger partial charge in [-0.1, -0.05) is 13.8 Å². The highest BCUT2D eigenvalue weighted by molar-refractivity contribution is 7.89. The quantitative estimate of drug-likeness (QED) is 0.466. The van der Waals surface area contributed by atoms with E-state index in [-0.39, 0.29) is 31.9 Å². The Hall–Kier alpha value is -2.52. The molecule has 28 heavy (non-hydrogen) atoms. The van der Waals surface area contributed by atoms with Crippen LogP contribution in [0.3, 0.4) is 0 Å². The van der Waals surface area contributed by atoms with Crippen LogP contribution in [-0.2, 0) is 14.8 Å². The Bertz CT molecular complexity index is 912. The van der Waals surface area contributed by atoms with Crippen molar-refractivity contribution in [1.82, 2.24) is 4.31 Å². The van der Waals surface area contributed by atoms with Gasteiger partial charge in [-0.15, -0.1) is 0 Å². The molecule has 0 fully saturated rings. The van der Waals surface area contributed by atoms with E-state index in [0.29, 0.717) is 5.75 Å². The van der Waals surface area contributed by atoms with Gasteiger partial charge in [-0.2, -0.15) is 4.31 Å². The molecular formula is C19H21F2NO5S. The standard InChI is InChI=1S/C19H21F2NO5S/c1-3-22(4-2)28(24,25)18-13-14(5-10-17(18)21)19(23)27-12-11-26-16-8-6-15(20)7-9-16/h5-10,13H,3-4,11-12H2,1-2H3. The second-order valence-corrected chi connectivity index (χ2v) is 7.58. The van der Waals surface area contributed by atoms with Crippen molar-refractivity contribution in [3.63, 3.8) is 0 Å². The van der Waals surface area contributed by atoms with E-state index in [4.69, 9.17) is 9.47 Å². The minimum atomic E-state index is -4.06. The smallest absolute Gasteiger partial charge is 0.338 e. The molecule has 0 heterocycles. The Labute approximate surface area is 162 Å². The summed E-state index contributed by atoms with van der Waals surface area (Å²) in [7, 11) is -4.06. The molecule has 0 unspecified atom stereocenters. The van der Waals surface area contributed by atoms with Gasteiger partial charge in [-0.05, 0) is 42.5 Å². The van der Waals surface area contributed by atoms with E-state index in [2.05, 4.69) is 0 Å². The van der Waals surface area contributed by atoms with Gasteiger partial charge in [-0.25, -0.2) is 22.0 Å². The number of rotatable bonds is 9. The zero-order valence-electron chi connectivity index (χ0n) is 15.5. The van der Waals surface area contributed by atoms with Crippen LogP contribution in [-0.4, -0.2) is 45.0 Å². The highest BCUT2D eigenvalue weighted by Gasteiger charge is 2.26. The number of esters is 1. The van der Waals surface area contributed by atoms with E-state index >= 15 is 0 Å². The summed E-state index contributed by atoms with van der Waals surface area (Å²) >= 11 is 0. The van der Waals surface area contributed by atoms with Gasteiger partial charge in [0.1, 0.15) is 35.5 Å². The normalized spacial score (nSPS) is 11.5. The van der Waals surface area contributed by atoms with Crippen molar-refractivity contribution < 1.29 is 31.5 Å². The first-order valence-electron chi connectivity index (χ1n) is 8.64. The molecule has 0 spiro atoms. The summed E-state index contributed by atoms with van der Waals surface area (Å²) in [5, 5.41) is 0. The van der Waals surface area contributed by atoms with Crippen molar-refractivity contribution >= 4 is 16.0 Å². The minimum Gasteiger partial charge on any atom is -0.490 e. The van der Waals surface area contributed by atoms with E-state index in [1.54, 1.807) is 13.8 Å². The minimum absolute atomic E-state index is 0.0170. The largest absolute Gasteiger partial charge is 0.490 e. The molecule has 9 heteroatoms. The second-order valence-electron chi connectivity index (χ2n) is 5.67. The maximum atomic E-state index is 14.1. The molecule has 0 amide bonds. The van der Waals surface area contributed by atoms with Crippen molar-refractivity contribution in [1.29, 1.82) is 0 Å². The fourth-order valence-corrected chi connectivity index (χ4v) is 3.99. The van der Waals surface area contributed by atoms with Gasteiger partial charge in [0.25, 0.3) is 0 Å². The van der Waals surface area contributed by atoms with Gasteiger partial charge in [0.2, 0.25) is 10.0 Å². The Kier molecular flexibility index (Phi) is 7.47. The number of carbonyl (C=O) groups excluding carboxylic acids is 1. The number of halogens is 2. The van der Waals surface area contributed by atoms with E-state index in [0.717, 1.165) is 22.5 Å². The van der Waals surface area contributed by atoms with E-state index in [1.807, 2.05) is 0 Å². The van der Waals surface area contributed by atoms with Crippen LogP contribution < -0.4 is 4.74 Å². The molecule has 0 aliphatic rings. The number of hydrogen-bond acceptors (Lipinski definition) is 5. The van der Waals surface area contributed by atoms with Crippen LogP contribution in [0.2, 0.25) is 0 Å². The Morgan fingerprint density at radius 1 is 1.00 bits per heavy atom. The molecule has 2 aromatic rings. The molecule has 0 aromatic heterocycles. The van der Waals surface area contributed by atoms with Crippen LogP contribution >= 0.6 is 0 Å². The van der Waals surface area contributed by atoms with Gasteiger partial charge in [0, 0.05) is 13.1 Å². The molecule has 2 rings (SSSR count). The van der Waals surface area contributed by atoms with Gasteiger partial charge >= 0.3 is 5.97 Å². The van der Waals surface area contributed by atoms with Crippen LogP contribution in [0.1, 0.15) is 24.2 Å². The number of nitrogens with zero attached hydrogens (tertiary/aromatic N) is 1. The number of hydrogen-bond donors (Lipinski definition) is 0. The van der Waals surface area contributed by atoms with Crippen LogP contribution in [0.5, 0.6) is 5.75 Å². The Morgan fingerprint density at radius 2 is 1.64 bits per heavy atom. The third kappa shape index (κ3) is 5.26. The van der Waals surface area contributed by atoms with Crippen LogP contribution in [0.15, 0.2) is 47.4 Å². The van der Waals surface area contributed by atoms with Crippen molar-refractivity contribution in [2.24, 2.45) is 0 Å². The zero-order chi connectivity index (χ0) is 20.7. The highest BCUT2D eigenvalue weighted by atomic mass is 32.2. The van der Waals surface area contributed by atoms with Gasteiger partial charge in [0.05, 0.1) is 5.56 Å². The highest BCUT2D eigenvalue weighted by Crippen LogP contribution is 2.21. The van der Waals surface area contributed by atoms with E-state index in [1.165, 1.54) is 24.3 Å². The first-order valence-corrected chi connectivity index (χ1v) is 10.1. The Balaban J connectivity index is 2.02. The average Bonchev–Trinajstić information content (AvgIpc) is 2.67. The molecule has 2 aromatic carbocycles. The van der Waals surface area contributed by atoms with Crippen molar-refractivity contribution in [3.8, 4) is 5.75 Å². The van der Waals surface area contributed by atoms with Crippen molar-refractivity contribution in [3.05, 3.63) is 59.7 Å². The summed E-state index contributed by atoms with van der Waals surface area (Å²) in [6.07, 6.45) is 0. The fourth-order valence-electron chi connectivity index (χ4n) is 2.44. The molecular weight excluding hydrogens is 392 g/mol. The van der Waals surface area contributed by atoms with Crippen LogP contribution in [0.4, 0.5) is 8.78 Å². The number of ether oxygens (including phenoxy) is 2. The molecule has 0 saturated carbocycles. The lowest BCUT2D eigenvalue weighted by Gasteiger charge is -2.19. The average molecular weight is 413 g/mol. The molecule has 0 saturated heterocycles. The summed E-state index contributed by atoms with van der Waals surface area (Å²) in [4.78, 5) is 11.6. The van der Waals surface area contributed by atoms with Crippen LogP contribution in [0.25, 0.3) is 0 Å². The molecule has 0 bridgehead atoms. The summed E-state index contributed by atoms with van der Waals surface area (Å²) in [6, 6.07) is 8.37. The predicted octanol–water partition coefficient (Wildman–Crippen LogP) is 3.23. The maximum absolute atomic E-state index is 14.1. The monoisotopic (exact) mass is 413 g/mol.